The third-order valence-corrected chi connectivity index (χ3v) is 8.24. The quantitative estimate of drug-likeness (QED) is 0.449. The van der Waals surface area contributed by atoms with Crippen LogP contribution in [0.25, 0.3) is 11.3 Å². The lowest BCUT2D eigenvalue weighted by Crippen LogP contribution is -2.34. The van der Waals surface area contributed by atoms with Gasteiger partial charge in [-0.1, -0.05) is 58.3 Å². The predicted octanol–water partition coefficient (Wildman–Crippen LogP) is 4.97. The molecule has 2 fully saturated rings. The van der Waals surface area contributed by atoms with E-state index in [0.29, 0.717) is 45.2 Å². The van der Waals surface area contributed by atoms with Gasteiger partial charge >= 0.3 is 5.97 Å². The topological polar surface area (TPSA) is 98.3 Å². The van der Waals surface area contributed by atoms with Crippen LogP contribution in [0.5, 0.6) is 0 Å². The molecule has 3 aromatic rings. The van der Waals surface area contributed by atoms with Gasteiger partial charge in [0.2, 0.25) is 0 Å². The minimum atomic E-state index is -1.02. The highest BCUT2D eigenvalue weighted by molar-refractivity contribution is 7.17. The standard InChI is InChI=1S/C21H17Cl3N4O3S/c1-8-13(23)14(24)17(25-8)19(29)26-16-11-6-28(7-12(11)16)21-27-15(18(32-21)20(30)31)9-3-2-4-10(22)5-9/h2-5,11-12,16,25H,6-7H2,1H3,(H,26,29)(H,30,31)/t11-,12+,16+. The number of amides is 1. The maximum Gasteiger partial charge on any atom is 0.348 e. The number of carboxylic acid groups (broad SMARTS) is 1. The SMILES string of the molecule is Cc1[nH]c(C(=O)N[C@H]2[C@@H]3CN(c4nc(-c5cccc(Cl)c5)c(C(=O)O)s4)C[C@@H]32)c(Cl)c1Cl. The Morgan fingerprint density at radius 1 is 1.22 bits per heavy atom. The molecule has 1 amide bonds. The molecule has 3 atom stereocenters. The summed E-state index contributed by atoms with van der Waals surface area (Å²) in [5.74, 6) is -0.747. The van der Waals surface area contributed by atoms with Gasteiger partial charge < -0.3 is 20.3 Å². The van der Waals surface area contributed by atoms with Crippen molar-refractivity contribution >= 4 is 63.1 Å². The molecule has 1 aromatic carbocycles. The van der Waals surface area contributed by atoms with Crippen LogP contribution in [0.15, 0.2) is 24.3 Å². The van der Waals surface area contributed by atoms with Gasteiger partial charge in [0.15, 0.2) is 5.13 Å². The summed E-state index contributed by atoms with van der Waals surface area (Å²) in [5, 5.41) is 14.4. The molecule has 32 heavy (non-hydrogen) atoms. The number of carbonyl (C=O) groups excluding carboxylic acids is 1. The molecule has 1 saturated carbocycles. The van der Waals surface area contributed by atoms with Crippen LogP contribution in [-0.2, 0) is 0 Å². The molecule has 0 unspecified atom stereocenters. The summed E-state index contributed by atoms with van der Waals surface area (Å²) < 4.78 is 0. The zero-order valence-corrected chi connectivity index (χ0v) is 19.7. The minimum Gasteiger partial charge on any atom is -0.477 e. The molecule has 7 nitrogen and oxygen atoms in total. The molecule has 5 rings (SSSR count). The van der Waals surface area contributed by atoms with E-state index in [1.807, 2.05) is 0 Å². The van der Waals surface area contributed by atoms with Crippen molar-refractivity contribution in [3.63, 3.8) is 0 Å². The molecule has 0 radical (unpaired) electrons. The molecule has 1 aliphatic carbocycles. The Morgan fingerprint density at radius 3 is 2.53 bits per heavy atom. The van der Waals surface area contributed by atoms with Gasteiger partial charge in [-0.15, -0.1) is 0 Å². The molecule has 11 heteroatoms. The highest BCUT2D eigenvalue weighted by Crippen LogP contribution is 2.48. The van der Waals surface area contributed by atoms with Crippen LogP contribution < -0.4 is 10.2 Å². The lowest BCUT2D eigenvalue weighted by molar-refractivity contribution is 0.0702. The number of carboxylic acids is 1. The van der Waals surface area contributed by atoms with Crippen molar-refractivity contribution in [2.75, 3.05) is 18.0 Å². The van der Waals surface area contributed by atoms with E-state index in [1.165, 1.54) is 0 Å². The zero-order valence-electron chi connectivity index (χ0n) is 16.7. The number of piperidine rings is 1. The normalized spacial score (nSPS) is 21.5. The summed E-state index contributed by atoms with van der Waals surface area (Å²) in [6.45, 7) is 3.14. The molecule has 2 aromatic heterocycles. The number of aromatic amines is 1. The van der Waals surface area contributed by atoms with Gasteiger partial charge in [0.25, 0.3) is 5.91 Å². The fraction of sp³-hybridized carbons (Fsp3) is 0.286. The van der Waals surface area contributed by atoms with Gasteiger partial charge in [-0.05, 0) is 19.1 Å². The van der Waals surface area contributed by atoms with Gasteiger partial charge in [-0.3, -0.25) is 4.79 Å². The third kappa shape index (κ3) is 3.65. The lowest BCUT2D eigenvalue weighted by atomic mass is 10.1. The van der Waals surface area contributed by atoms with Crippen LogP contribution in [0, 0.1) is 18.8 Å². The summed E-state index contributed by atoms with van der Waals surface area (Å²) in [7, 11) is 0. The first kappa shape index (κ1) is 21.6. The summed E-state index contributed by atoms with van der Waals surface area (Å²) in [5.41, 5.74) is 2.01. The average molecular weight is 512 g/mol. The lowest BCUT2D eigenvalue weighted by Gasteiger charge is -2.19. The molecule has 0 spiro atoms. The van der Waals surface area contributed by atoms with Crippen molar-refractivity contribution in [3.05, 3.63) is 55.6 Å². The second kappa shape index (κ2) is 7.95. The molecular formula is C21H17Cl3N4O3S. The van der Waals surface area contributed by atoms with Crippen LogP contribution in [0.4, 0.5) is 5.13 Å². The van der Waals surface area contributed by atoms with Crippen LogP contribution >= 0.6 is 46.1 Å². The highest BCUT2D eigenvalue weighted by atomic mass is 35.5. The molecule has 3 N–H and O–H groups in total. The number of thiazole rings is 1. The fourth-order valence-electron chi connectivity index (χ4n) is 4.27. The van der Waals surface area contributed by atoms with Crippen molar-refractivity contribution in [1.29, 1.82) is 0 Å². The Hall–Kier alpha value is -2.26. The van der Waals surface area contributed by atoms with Gasteiger partial charge in [-0.25, -0.2) is 9.78 Å². The second-order valence-electron chi connectivity index (χ2n) is 7.97. The van der Waals surface area contributed by atoms with Crippen LogP contribution in [-0.4, -0.2) is 46.1 Å². The van der Waals surface area contributed by atoms with E-state index in [9.17, 15) is 14.7 Å². The number of H-pyrrole nitrogens is 1. The number of aromatic carboxylic acids is 1. The van der Waals surface area contributed by atoms with Crippen molar-refractivity contribution in [1.82, 2.24) is 15.3 Å². The average Bonchev–Trinajstić information content (AvgIpc) is 3.16. The molecule has 3 heterocycles. The summed E-state index contributed by atoms with van der Waals surface area (Å²) in [6.07, 6.45) is 0. The van der Waals surface area contributed by atoms with E-state index in [-0.39, 0.29) is 39.4 Å². The van der Waals surface area contributed by atoms with Gasteiger partial charge in [0.05, 0.1) is 15.7 Å². The number of hydrogen-bond donors (Lipinski definition) is 3. The second-order valence-corrected chi connectivity index (χ2v) is 10.1. The minimum absolute atomic E-state index is 0.0449. The molecule has 1 saturated heterocycles. The maximum absolute atomic E-state index is 12.6. The Balaban J connectivity index is 1.29. The number of anilines is 1. The number of fused-ring (bicyclic) bond motifs is 1. The Labute approximate surface area is 202 Å². The van der Waals surface area contributed by atoms with E-state index < -0.39 is 5.97 Å². The van der Waals surface area contributed by atoms with Crippen LogP contribution in [0.3, 0.4) is 0 Å². The predicted molar refractivity (Wildman–Crippen MR) is 126 cm³/mol. The maximum atomic E-state index is 12.6. The van der Waals surface area contributed by atoms with Gasteiger partial charge in [0, 0.05) is 47.2 Å². The summed E-state index contributed by atoms with van der Waals surface area (Å²) >= 11 is 19.4. The number of benzene rings is 1. The Kier molecular flexibility index (Phi) is 5.36. The van der Waals surface area contributed by atoms with Crippen LogP contribution in [0.1, 0.15) is 25.9 Å². The third-order valence-electron chi connectivity index (χ3n) is 5.95. The van der Waals surface area contributed by atoms with Crippen molar-refractivity contribution in [2.45, 2.75) is 13.0 Å². The van der Waals surface area contributed by atoms with Crippen molar-refractivity contribution in [3.8, 4) is 11.3 Å². The van der Waals surface area contributed by atoms with E-state index in [1.54, 1.807) is 31.2 Å². The molecule has 2 aliphatic rings. The number of rotatable bonds is 5. The Morgan fingerprint density at radius 2 is 1.94 bits per heavy atom. The first-order valence-corrected chi connectivity index (χ1v) is 11.8. The molecule has 0 bridgehead atoms. The number of aromatic nitrogens is 2. The molecule has 166 valence electrons. The van der Waals surface area contributed by atoms with E-state index in [4.69, 9.17) is 34.8 Å². The first-order chi connectivity index (χ1) is 15.2. The highest BCUT2D eigenvalue weighted by Gasteiger charge is 2.57. The van der Waals surface area contributed by atoms with Crippen molar-refractivity contribution < 1.29 is 14.7 Å². The number of carbonyl (C=O) groups is 2. The van der Waals surface area contributed by atoms with Crippen LogP contribution in [0.2, 0.25) is 15.1 Å². The fourth-order valence-corrected chi connectivity index (χ4v) is 5.82. The van der Waals surface area contributed by atoms with E-state index >= 15 is 0 Å². The number of nitrogens with zero attached hydrogens (tertiary/aromatic N) is 2. The zero-order chi connectivity index (χ0) is 22.7. The molecule has 1 aliphatic heterocycles. The summed E-state index contributed by atoms with van der Waals surface area (Å²) in [4.78, 5) is 34.2. The number of aryl methyl sites for hydroxylation is 1. The smallest absolute Gasteiger partial charge is 0.348 e. The number of hydrogen-bond acceptors (Lipinski definition) is 5. The number of nitrogens with one attached hydrogen (secondary N) is 2. The monoisotopic (exact) mass is 510 g/mol. The Bertz CT molecular complexity index is 1250. The van der Waals surface area contributed by atoms with E-state index in [2.05, 4.69) is 20.2 Å². The molecular weight excluding hydrogens is 495 g/mol. The van der Waals surface area contributed by atoms with E-state index in [0.717, 1.165) is 11.3 Å². The summed E-state index contributed by atoms with van der Waals surface area (Å²) in [6, 6.07) is 7.05. The first-order valence-electron chi connectivity index (χ1n) is 9.84. The van der Waals surface area contributed by atoms with Crippen molar-refractivity contribution in [2.24, 2.45) is 11.8 Å². The number of halogens is 3. The van der Waals surface area contributed by atoms with Gasteiger partial charge in [-0.2, -0.15) is 0 Å². The van der Waals surface area contributed by atoms with Gasteiger partial charge in [0.1, 0.15) is 10.6 Å². The largest absolute Gasteiger partial charge is 0.477 e.